The SMILES string of the molecule is C=Cc1cnc(C(=O)OC)c(C)n1.C=Cc1cnc(C)c(C(=O)OC)n1. The van der Waals surface area contributed by atoms with E-state index in [1.54, 1.807) is 26.1 Å². The summed E-state index contributed by atoms with van der Waals surface area (Å²) in [4.78, 5) is 38.2. The molecule has 0 atom stereocenters. The van der Waals surface area contributed by atoms with E-state index in [4.69, 9.17) is 0 Å². The number of esters is 2. The van der Waals surface area contributed by atoms with Gasteiger partial charge in [-0.25, -0.2) is 24.5 Å². The van der Waals surface area contributed by atoms with Crippen molar-refractivity contribution in [2.24, 2.45) is 0 Å². The highest BCUT2D eigenvalue weighted by Crippen LogP contribution is 2.05. The molecule has 0 fully saturated rings. The summed E-state index contributed by atoms with van der Waals surface area (Å²) < 4.78 is 9.06. The Bertz CT molecular complexity index is 834. The molecular weight excluding hydrogens is 336 g/mol. The fraction of sp³-hybridized carbons (Fsp3) is 0.222. The van der Waals surface area contributed by atoms with Crippen LogP contribution in [0, 0.1) is 13.8 Å². The fourth-order valence-corrected chi connectivity index (χ4v) is 1.75. The van der Waals surface area contributed by atoms with Gasteiger partial charge < -0.3 is 9.47 Å². The van der Waals surface area contributed by atoms with Crippen molar-refractivity contribution in [2.75, 3.05) is 14.2 Å². The predicted octanol–water partition coefficient (Wildman–Crippen LogP) is 2.43. The molecule has 2 aromatic rings. The molecule has 2 heterocycles. The molecule has 0 aliphatic rings. The number of hydrogen-bond donors (Lipinski definition) is 0. The number of aryl methyl sites for hydroxylation is 2. The average molecular weight is 356 g/mol. The van der Waals surface area contributed by atoms with Crippen LogP contribution in [0.15, 0.2) is 25.6 Å². The van der Waals surface area contributed by atoms with Crippen molar-refractivity contribution in [1.82, 2.24) is 19.9 Å². The molecule has 0 N–H and O–H groups in total. The third-order valence-corrected chi connectivity index (χ3v) is 3.12. The summed E-state index contributed by atoms with van der Waals surface area (Å²) in [6.07, 6.45) is 6.13. The number of nitrogens with zero attached hydrogens (tertiary/aromatic N) is 4. The third-order valence-electron chi connectivity index (χ3n) is 3.12. The average Bonchev–Trinajstić information content (AvgIpc) is 2.67. The quantitative estimate of drug-likeness (QED) is 0.769. The van der Waals surface area contributed by atoms with Crippen molar-refractivity contribution in [3.05, 3.63) is 59.7 Å². The van der Waals surface area contributed by atoms with E-state index in [0.717, 1.165) is 0 Å². The Morgan fingerprint density at radius 1 is 0.846 bits per heavy atom. The summed E-state index contributed by atoms with van der Waals surface area (Å²) in [5.41, 5.74) is 2.78. The summed E-state index contributed by atoms with van der Waals surface area (Å²) >= 11 is 0. The van der Waals surface area contributed by atoms with Gasteiger partial charge in [0, 0.05) is 0 Å². The standard InChI is InChI=1S/2C9H10N2O2/c1-4-7-5-10-8(6(2)11-7)9(12)13-3;1-4-7-5-10-6(2)8(11-7)9(12)13-3/h2*4-5H,1H2,2-3H3. The second kappa shape index (κ2) is 9.77. The highest BCUT2D eigenvalue weighted by atomic mass is 16.5. The van der Waals surface area contributed by atoms with E-state index in [2.05, 4.69) is 42.6 Å². The highest BCUT2D eigenvalue weighted by Gasteiger charge is 2.12. The molecule has 0 saturated heterocycles. The summed E-state index contributed by atoms with van der Waals surface area (Å²) in [6.45, 7) is 10.5. The van der Waals surface area contributed by atoms with Gasteiger partial charge in [-0.1, -0.05) is 13.2 Å². The topological polar surface area (TPSA) is 104 Å². The van der Waals surface area contributed by atoms with E-state index in [0.29, 0.717) is 22.8 Å². The lowest BCUT2D eigenvalue weighted by Crippen LogP contribution is -2.09. The van der Waals surface area contributed by atoms with Crippen LogP contribution in [-0.4, -0.2) is 46.1 Å². The first-order valence-corrected chi connectivity index (χ1v) is 7.46. The minimum absolute atomic E-state index is 0.236. The van der Waals surface area contributed by atoms with Crippen LogP contribution in [0.2, 0.25) is 0 Å². The first-order chi connectivity index (χ1) is 12.4. The van der Waals surface area contributed by atoms with Crippen LogP contribution >= 0.6 is 0 Å². The minimum atomic E-state index is -0.478. The summed E-state index contributed by atoms with van der Waals surface area (Å²) in [7, 11) is 2.62. The molecular formula is C18H20N4O4. The molecule has 0 aliphatic carbocycles. The molecule has 0 spiro atoms. The van der Waals surface area contributed by atoms with E-state index in [1.807, 2.05) is 0 Å². The van der Waals surface area contributed by atoms with Gasteiger partial charge in [-0.15, -0.1) is 0 Å². The van der Waals surface area contributed by atoms with Gasteiger partial charge in [-0.3, -0.25) is 4.98 Å². The van der Waals surface area contributed by atoms with Crippen molar-refractivity contribution in [1.29, 1.82) is 0 Å². The van der Waals surface area contributed by atoms with Crippen molar-refractivity contribution in [3.8, 4) is 0 Å². The maximum Gasteiger partial charge on any atom is 0.358 e. The normalized spacial score (nSPS) is 9.38. The molecule has 0 bridgehead atoms. The Balaban J connectivity index is 0.000000260. The van der Waals surface area contributed by atoms with Crippen molar-refractivity contribution >= 4 is 24.1 Å². The van der Waals surface area contributed by atoms with Crippen molar-refractivity contribution in [3.63, 3.8) is 0 Å². The molecule has 0 saturated carbocycles. The molecule has 0 aromatic carbocycles. The maximum atomic E-state index is 11.1. The molecule has 8 heteroatoms. The first kappa shape index (κ1) is 20.6. The smallest absolute Gasteiger partial charge is 0.358 e. The largest absolute Gasteiger partial charge is 0.464 e. The third kappa shape index (κ3) is 5.30. The van der Waals surface area contributed by atoms with Crippen LogP contribution in [0.5, 0.6) is 0 Å². The lowest BCUT2D eigenvalue weighted by Gasteiger charge is -2.02. The van der Waals surface area contributed by atoms with E-state index < -0.39 is 11.9 Å². The maximum absolute atomic E-state index is 11.1. The summed E-state index contributed by atoms with van der Waals surface area (Å²) in [6, 6.07) is 0. The zero-order valence-corrected chi connectivity index (χ0v) is 15.1. The van der Waals surface area contributed by atoms with E-state index >= 15 is 0 Å². The number of hydrogen-bond acceptors (Lipinski definition) is 8. The lowest BCUT2D eigenvalue weighted by atomic mass is 10.3. The van der Waals surface area contributed by atoms with Gasteiger partial charge in [0.05, 0.1) is 49.4 Å². The van der Waals surface area contributed by atoms with Crippen LogP contribution < -0.4 is 0 Å². The van der Waals surface area contributed by atoms with Gasteiger partial charge in [-0.05, 0) is 26.0 Å². The highest BCUT2D eigenvalue weighted by molar-refractivity contribution is 5.88. The number of ether oxygens (including phenoxy) is 2. The molecule has 8 nitrogen and oxygen atoms in total. The fourth-order valence-electron chi connectivity index (χ4n) is 1.75. The van der Waals surface area contributed by atoms with E-state index in [-0.39, 0.29) is 11.4 Å². The second-order valence-corrected chi connectivity index (χ2v) is 4.85. The van der Waals surface area contributed by atoms with Gasteiger partial charge in [0.15, 0.2) is 11.4 Å². The number of methoxy groups -OCH3 is 2. The second-order valence-electron chi connectivity index (χ2n) is 4.85. The van der Waals surface area contributed by atoms with Crippen LogP contribution in [0.4, 0.5) is 0 Å². The van der Waals surface area contributed by atoms with Gasteiger partial charge in [-0.2, -0.15) is 0 Å². The molecule has 26 heavy (non-hydrogen) atoms. The summed E-state index contributed by atoms with van der Waals surface area (Å²) in [5, 5.41) is 0. The van der Waals surface area contributed by atoms with Gasteiger partial charge >= 0.3 is 11.9 Å². The van der Waals surface area contributed by atoms with Crippen LogP contribution in [-0.2, 0) is 9.47 Å². The first-order valence-electron chi connectivity index (χ1n) is 7.46. The van der Waals surface area contributed by atoms with Gasteiger partial charge in [0.25, 0.3) is 0 Å². The monoisotopic (exact) mass is 356 g/mol. The zero-order chi connectivity index (χ0) is 19.7. The summed E-state index contributed by atoms with van der Waals surface area (Å²) in [5.74, 6) is -0.950. The van der Waals surface area contributed by atoms with E-state index in [1.165, 1.54) is 26.5 Å². The molecule has 0 unspecified atom stereocenters. The molecule has 0 amide bonds. The van der Waals surface area contributed by atoms with Crippen LogP contribution in [0.25, 0.3) is 12.2 Å². The Morgan fingerprint density at radius 2 is 1.35 bits per heavy atom. The molecule has 0 radical (unpaired) electrons. The Hall–Kier alpha value is -3.42. The van der Waals surface area contributed by atoms with Gasteiger partial charge in [0.1, 0.15) is 0 Å². The van der Waals surface area contributed by atoms with Gasteiger partial charge in [0.2, 0.25) is 0 Å². The molecule has 2 aromatic heterocycles. The minimum Gasteiger partial charge on any atom is -0.464 e. The Kier molecular flexibility index (Phi) is 7.75. The number of carbonyl (C=O) groups is 2. The van der Waals surface area contributed by atoms with Crippen LogP contribution in [0.1, 0.15) is 43.8 Å². The zero-order valence-electron chi connectivity index (χ0n) is 15.1. The van der Waals surface area contributed by atoms with Crippen molar-refractivity contribution < 1.29 is 19.1 Å². The lowest BCUT2D eigenvalue weighted by molar-refractivity contribution is 0.0583. The van der Waals surface area contributed by atoms with Crippen LogP contribution in [0.3, 0.4) is 0 Å². The number of aromatic nitrogens is 4. The van der Waals surface area contributed by atoms with Crippen molar-refractivity contribution in [2.45, 2.75) is 13.8 Å². The Labute approximate surface area is 151 Å². The molecule has 136 valence electrons. The number of rotatable bonds is 4. The predicted molar refractivity (Wildman–Crippen MR) is 96.4 cm³/mol. The Morgan fingerprint density at radius 3 is 1.85 bits per heavy atom. The van der Waals surface area contributed by atoms with E-state index in [9.17, 15) is 9.59 Å². The molecule has 0 aliphatic heterocycles. The molecule has 2 rings (SSSR count). The number of carbonyl (C=O) groups excluding carboxylic acids is 2.